The number of rotatable bonds is 1. The maximum atomic E-state index is 8.38. The summed E-state index contributed by atoms with van der Waals surface area (Å²) < 4.78 is 0. The summed E-state index contributed by atoms with van der Waals surface area (Å²) in [6.07, 6.45) is 0. The molecule has 1 aromatic carbocycles. The van der Waals surface area contributed by atoms with E-state index in [1.54, 1.807) is 12.1 Å². The minimum atomic E-state index is -0.931. The quantitative estimate of drug-likeness (QED) is 0.526. The van der Waals surface area contributed by atoms with Gasteiger partial charge in [0.15, 0.2) is 4.98 Å². The van der Waals surface area contributed by atoms with Gasteiger partial charge in [0.2, 0.25) is 5.39 Å². The van der Waals surface area contributed by atoms with E-state index in [2.05, 4.69) is 4.98 Å². The second kappa shape index (κ2) is 13.0. The molecule has 8 heteroatoms. The summed E-state index contributed by atoms with van der Waals surface area (Å²) in [7, 11) is 13.8. The molecule has 0 atom stereocenters. The third-order valence-electron chi connectivity index (χ3n) is 1.48. The van der Waals surface area contributed by atoms with Crippen molar-refractivity contribution in [3.63, 3.8) is 0 Å². The maximum absolute atomic E-state index is 8.38. The van der Waals surface area contributed by atoms with Crippen LogP contribution < -0.4 is 17.3 Å². The fourth-order valence-corrected chi connectivity index (χ4v) is 0.817. The van der Waals surface area contributed by atoms with Crippen LogP contribution in [-0.2, 0) is 15.1 Å². The van der Waals surface area contributed by atoms with Crippen LogP contribution in [0, 0.1) is 5.39 Å². The Hall–Kier alpha value is -0.107. The first-order valence-electron chi connectivity index (χ1n) is 3.90. The summed E-state index contributed by atoms with van der Waals surface area (Å²) in [5.74, 6) is 0. The normalized spacial score (nSPS) is 6.69. The van der Waals surface area contributed by atoms with Crippen LogP contribution in [0.1, 0.15) is 0 Å². The van der Waals surface area contributed by atoms with E-state index < -0.39 is 15.1 Å². The Morgan fingerprint density at radius 3 is 1.81 bits per heavy atom. The zero-order chi connectivity index (χ0) is 11.0. The molecule has 1 aromatic rings. The molecule has 0 fully saturated rings. The van der Waals surface area contributed by atoms with Crippen molar-refractivity contribution in [2.75, 3.05) is 19.0 Å². The van der Waals surface area contributed by atoms with Gasteiger partial charge in [-0.1, -0.05) is 0 Å². The third-order valence-corrected chi connectivity index (χ3v) is 1.48. The van der Waals surface area contributed by atoms with Crippen molar-refractivity contribution in [2.24, 2.45) is 0 Å². The van der Waals surface area contributed by atoms with Crippen LogP contribution in [0.25, 0.3) is 4.98 Å². The van der Waals surface area contributed by atoms with Crippen LogP contribution in [0.5, 0.6) is 0 Å². The van der Waals surface area contributed by atoms with Gasteiger partial charge >= 0.3 is 40.2 Å². The molecule has 0 aromatic heterocycles. The molecule has 0 heterocycles. The van der Waals surface area contributed by atoms with Gasteiger partial charge in [-0.25, -0.2) is 0 Å². The average Bonchev–Trinajstić information content (AvgIpc) is 2.19. The van der Waals surface area contributed by atoms with Crippen molar-refractivity contribution in [3.8, 4) is 0 Å². The first-order valence-corrected chi connectivity index (χ1v) is 11.7. The van der Waals surface area contributed by atoms with Crippen molar-refractivity contribution < 1.29 is 33.0 Å². The molecule has 0 radical (unpaired) electrons. The zero-order valence-electron chi connectivity index (χ0n) is 8.99. The number of benzene rings is 1. The van der Waals surface area contributed by atoms with Gasteiger partial charge in [-0.2, -0.15) is 0 Å². The number of diazo groups is 1. The number of hydrogen-bond donors (Lipinski definition) is 0. The first kappa shape index (κ1) is 21.2. The molecule has 4 nitrogen and oxygen atoms in total. The van der Waals surface area contributed by atoms with E-state index in [1.165, 1.54) is 0 Å². The van der Waals surface area contributed by atoms with Crippen molar-refractivity contribution in [1.29, 1.82) is 5.39 Å². The number of nitrogens with zero attached hydrogens (tertiary/aromatic N) is 3. The monoisotopic (exact) mass is 335 g/mol. The number of halogens is 3. The van der Waals surface area contributed by atoms with Gasteiger partial charge in [0.1, 0.15) is 0 Å². The average molecular weight is 338 g/mol. The Morgan fingerprint density at radius 2 is 1.56 bits per heavy atom. The SMILES string of the molecule is CN(C)c1ccc([N+]#N)cc1.O.[Cl-].[Cl][Zn][Cl]. The van der Waals surface area contributed by atoms with Gasteiger partial charge in [0.05, 0.1) is 0 Å². The molecule has 0 aliphatic rings. The number of hydrogen-bond acceptors (Lipinski definition) is 2. The Balaban J connectivity index is -0.000000306. The Morgan fingerprint density at radius 1 is 1.19 bits per heavy atom. The standard InChI is InChI=1S/C8H10N3.3ClH.H2O.Zn/c1-11(2)8-5-3-7(10-9)4-6-8;;;;;/h3-6H,1-2H3;3*1H;1H2;/q+1;;;;;+2/p-3. The van der Waals surface area contributed by atoms with Crippen LogP contribution in [0.3, 0.4) is 0 Å². The van der Waals surface area contributed by atoms with Gasteiger partial charge in [-0.05, 0) is 12.1 Å². The molecule has 16 heavy (non-hydrogen) atoms. The van der Waals surface area contributed by atoms with E-state index >= 15 is 0 Å². The second-order valence-corrected chi connectivity index (χ2v) is 7.23. The zero-order valence-corrected chi connectivity index (χ0v) is 14.2. The Bertz CT molecular complexity index is 302. The van der Waals surface area contributed by atoms with Crippen molar-refractivity contribution in [2.45, 2.75) is 0 Å². The van der Waals surface area contributed by atoms with Crippen LogP contribution in [-0.4, -0.2) is 19.6 Å². The Labute approximate surface area is 117 Å². The van der Waals surface area contributed by atoms with E-state index in [0.29, 0.717) is 5.69 Å². The summed E-state index contributed by atoms with van der Waals surface area (Å²) in [6, 6.07) is 7.31. The van der Waals surface area contributed by atoms with E-state index in [9.17, 15) is 0 Å². The molecule has 0 saturated carbocycles. The molecule has 0 amide bonds. The van der Waals surface area contributed by atoms with Crippen LogP contribution in [0.4, 0.5) is 11.4 Å². The molecule has 88 valence electrons. The predicted molar refractivity (Wildman–Crippen MR) is 60.8 cm³/mol. The van der Waals surface area contributed by atoms with E-state index in [1.807, 2.05) is 31.1 Å². The summed E-state index contributed by atoms with van der Waals surface area (Å²) in [4.78, 5) is 5.04. The van der Waals surface area contributed by atoms with Crippen LogP contribution in [0.15, 0.2) is 24.3 Å². The van der Waals surface area contributed by atoms with E-state index in [0.717, 1.165) is 5.69 Å². The molecule has 0 spiro atoms. The van der Waals surface area contributed by atoms with Gasteiger partial charge < -0.3 is 22.8 Å². The van der Waals surface area contributed by atoms with Crippen molar-refractivity contribution in [3.05, 3.63) is 29.2 Å². The fourth-order valence-electron chi connectivity index (χ4n) is 0.817. The molecular weight excluding hydrogens is 326 g/mol. The molecule has 0 aliphatic heterocycles. The van der Waals surface area contributed by atoms with Gasteiger partial charge in [0.25, 0.3) is 0 Å². The van der Waals surface area contributed by atoms with Gasteiger partial charge in [-0.3, -0.25) is 0 Å². The van der Waals surface area contributed by atoms with E-state index in [4.69, 9.17) is 24.8 Å². The summed E-state index contributed by atoms with van der Waals surface area (Å²) in [5, 5.41) is 8.38. The molecule has 2 N–H and O–H groups in total. The molecule has 0 unspecified atom stereocenters. The summed E-state index contributed by atoms with van der Waals surface area (Å²) in [5.41, 5.74) is 1.67. The number of anilines is 1. The van der Waals surface area contributed by atoms with Crippen molar-refractivity contribution in [1.82, 2.24) is 0 Å². The topological polar surface area (TPSA) is 62.9 Å². The third kappa shape index (κ3) is 9.14. The van der Waals surface area contributed by atoms with Crippen molar-refractivity contribution >= 4 is 30.8 Å². The second-order valence-electron chi connectivity index (χ2n) is 2.61. The molecule has 0 saturated heterocycles. The summed E-state index contributed by atoms with van der Waals surface area (Å²) in [6.45, 7) is 0. The fraction of sp³-hybridized carbons (Fsp3) is 0.250. The molecule has 0 bridgehead atoms. The molecule has 1 rings (SSSR count). The first-order chi connectivity index (χ1) is 6.65. The van der Waals surface area contributed by atoms with Gasteiger partial charge in [0, 0.05) is 31.9 Å². The van der Waals surface area contributed by atoms with Crippen LogP contribution >= 0.6 is 19.4 Å². The van der Waals surface area contributed by atoms with E-state index in [-0.39, 0.29) is 17.9 Å². The summed E-state index contributed by atoms with van der Waals surface area (Å²) >= 11 is -0.931. The Kier molecular flexibility index (Phi) is 17.2. The van der Waals surface area contributed by atoms with Crippen LogP contribution in [0.2, 0.25) is 0 Å². The van der Waals surface area contributed by atoms with Gasteiger partial charge in [-0.15, -0.1) is 0 Å². The molecular formula is C8H12Cl3N3OZn. The molecule has 0 aliphatic carbocycles. The predicted octanol–water partition coefficient (Wildman–Crippen LogP) is -0.207. The minimum absolute atomic E-state index is 0.